The zero-order valence-corrected chi connectivity index (χ0v) is 11.3. The summed E-state index contributed by atoms with van der Waals surface area (Å²) in [6.07, 6.45) is 0. The van der Waals surface area contributed by atoms with Crippen molar-refractivity contribution in [3.63, 3.8) is 0 Å². The molecule has 0 aromatic heterocycles. The molecule has 0 N–H and O–H groups in total. The van der Waals surface area contributed by atoms with Crippen molar-refractivity contribution in [3.05, 3.63) is 48.0 Å². The molecule has 0 aliphatic carbocycles. The van der Waals surface area contributed by atoms with Gasteiger partial charge >= 0.3 is 16.1 Å². The van der Waals surface area contributed by atoms with E-state index in [0.717, 1.165) is 0 Å². The van der Waals surface area contributed by atoms with E-state index >= 15 is 0 Å². The van der Waals surface area contributed by atoms with E-state index in [4.69, 9.17) is 4.18 Å². The van der Waals surface area contributed by atoms with E-state index in [9.17, 15) is 13.2 Å². The molecule has 0 fully saturated rings. The number of ether oxygens (including phenoxy) is 1. The third-order valence-corrected chi connectivity index (χ3v) is 4.39. The van der Waals surface area contributed by atoms with Gasteiger partial charge in [0.2, 0.25) is 0 Å². The van der Waals surface area contributed by atoms with Crippen molar-refractivity contribution in [2.24, 2.45) is 0 Å². The molecule has 102 valence electrons. The fourth-order valence-corrected chi connectivity index (χ4v) is 3.54. The number of rotatable bonds is 1. The van der Waals surface area contributed by atoms with Crippen LogP contribution >= 0.6 is 0 Å². The molecule has 0 saturated heterocycles. The van der Waals surface area contributed by atoms with Gasteiger partial charge in [0.1, 0.15) is 4.90 Å². The molecular weight excluding hydrogens is 280 g/mol. The lowest BCUT2D eigenvalue weighted by molar-refractivity contribution is 0.0596. The van der Waals surface area contributed by atoms with Crippen molar-refractivity contribution in [2.45, 2.75) is 4.90 Å². The molecular formula is C14H10O5S. The fraction of sp³-hybridized carbons (Fsp3) is 0.0714. The Kier molecular flexibility index (Phi) is 2.76. The minimum atomic E-state index is -4.04. The zero-order chi connectivity index (χ0) is 14.3. The van der Waals surface area contributed by atoms with Crippen LogP contribution in [0.1, 0.15) is 10.4 Å². The number of methoxy groups -OCH3 is 1. The minimum absolute atomic E-state index is 0.0282. The Labute approximate surface area is 115 Å². The average Bonchev–Trinajstić information content (AvgIpc) is 2.45. The summed E-state index contributed by atoms with van der Waals surface area (Å²) in [5.74, 6) is -0.463. The Balaban J connectivity index is 2.39. The van der Waals surface area contributed by atoms with Gasteiger partial charge in [-0.3, -0.25) is 0 Å². The van der Waals surface area contributed by atoms with Gasteiger partial charge in [-0.2, -0.15) is 8.42 Å². The normalized spacial score (nSPS) is 14.7. The molecule has 0 unspecified atom stereocenters. The van der Waals surface area contributed by atoms with Crippen LogP contribution in [0.15, 0.2) is 47.4 Å². The number of hydrogen-bond acceptors (Lipinski definition) is 5. The fourth-order valence-electron chi connectivity index (χ4n) is 2.21. The summed E-state index contributed by atoms with van der Waals surface area (Å²) in [6.45, 7) is 0. The Morgan fingerprint density at radius 1 is 1.05 bits per heavy atom. The number of para-hydroxylation sites is 1. The number of benzene rings is 2. The zero-order valence-electron chi connectivity index (χ0n) is 10.5. The van der Waals surface area contributed by atoms with Gasteiger partial charge in [0, 0.05) is 11.1 Å². The van der Waals surface area contributed by atoms with Crippen LogP contribution in [0.3, 0.4) is 0 Å². The number of carbonyl (C=O) groups is 1. The van der Waals surface area contributed by atoms with Gasteiger partial charge in [0.25, 0.3) is 0 Å². The molecule has 1 aliphatic heterocycles. The second kappa shape index (κ2) is 4.35. The number of hydrogen-bond donors (Lipinski definition) is 0. The Morgan fingerprint density at radius 3 is 2.50 bits per heavy atom. The predicted molar refractivity (Wildman–Crippen MR) is 71.0 cm³/mol. The van der Waals surface area contributed by atoms with Crippen molar-refractivity contribution in [1.82, 2.24) is 0 Å². The van der Waals surface area contributed by atoms with Gasteiger partial charge in [0.05, 0.1) is 12.7 Å². The molecule has 0 radical (unpaired) electrons. The Bertz CT molecular complexity index is 808. The quantitative estimate of drug-likeness (QED) is 0.595. The Hall–Kier alpha value is -2.34. The number of carbonyl (C=O) groups excluding carboxylic acids is 1. The molecule has 2 aromatic rings. The van der Waals surface area contributed by atoms with Crippen LogP contribution in [-0.4, -0.2) is 21.5 Å². The van der Waals surface area contributed by atoms with Crippen molar-refractivity contribution in [2.75, 3.05) is 7.11 Å². The molecule has 0 atom stereocenters. The van der Waals surface area contributed by atoms with E-state index in [0.29, 0.717) is 11.1 Å². The summed E-state index contributed by atoms with van der Waals surface area (Å²) < 4.78 is 34.2. The van der Waals surface area contributed by atoms with E-state index in [1.807, 2.05) is 0 Å². The van der Waals surface area contributed by atoms with Gasteiger partial charge in [-0.05, 0) is 12.1 Å². The summed E-state index contributed by atoms with van der Waals surface area (Å²) in [4.78, 5) is 11.6. The first kappa shape index (κ1) is 12.7. The highest BCUT2D eigenvalue weighted by Gasteiger charge is 2.34. The smallest absolute Gasteiger partial charge is 0.340 e. The molecule has 20 heavy (non-hydrogen) atoms. The third kappa shape index (κ3) is 1.77. The highest BCUT2D eigenvalue weighted by Crippen LogP contribution is 2.42. The first-order valence-electron chi connectivity index (χ1n) is 5.80. The first-order chi connectivity index (χ1) is 9.54. The number of fused-ring (bicyclic) bond motifs is 3. The monoisotopic (exact) mass is 290 g/mol. The lowest BCUT2D eigenvalue weighted by Crippen LogP contribution is -2.20. The largest absolute Gasteiger partial charge is 0.465 e. The van der Waals surface area contributed by atoms with Crippen molar-refractivity contribution in [1.29, 1.82) is 0 Å². The summed E-state index contributed by atoms with van der Waals surface area (Å²) in [7, 11) is -2.84. The van der Waals surface area contributed by atoms with Crippen LogP contribution in [0.25, 0.3) is 11.1 Å². The van der Waals surface area contributed by atoms with E-state index in [2.05, 4.69) is 4.74 Å². The van der Waals surface area contributed by atoms with Crippen LogP contribution in [0, 0.1) is 0 Å². The number of esters is 1. The van der Waals surface area contributed by atoms with Gasteiger partial charge < -0.3 is 8.92 Å². The maximum atomic E-state index is 12.2. The minimum Gasteiger partial charge on any atom is -0.465 e. The molecule has 5 nitrogen and oxygen atoms in total. The molecule has 0 spiro atoms. The maximum absolute atomic E-state index is 12.2. The lowest BCUT2D eigenvalue weighted by Gasteiger charge is -2.21. The van der Waals surface area contributed by atoms with Crippen LogP contribution in [0.5, 0.6) is 5.75 Å². The maximum Gasteiger partial charge on any atom is 0.340 e. The molecule has 0 saturated carbocycles. The van der Waals surface area contributed by atoms with E-state index in [1.165, 1.54) is 13.2 Å². The van der Waals surface area contributed by atoms with Crippen LogP contribution in [0.2, 0.25) is 0 Å². The second-order valence-electron chi connectivity index (χ2n) is 4.21. The van der Waals surface area contributed by atoms with Gasteiger partial charge in [-0.15, -0.1) is 0 Å². The van der Waals surface area contributed by atoms with Crippen LogP contribution in [0.4, 0.5) is 0 Å². The van der Waals surface area contributed by atoms with Gasteiger partial charge in [-0.25, -0.2) is 4.79 Å². The topological polar surface area (TPSA) is 69.7 Å². The molecule has 0 bridgehead atoms. The van der Waals surface area contributed by atoms with Crippen LogP contribution in [-0.2, 0) is 14.9 Å². The second-order valence-corrected chi connectivity index (χ2v) is 5.69. The summed E-state index contributed by atoms with van der Waals surface area (Å²) in [5, 5.41) is 0. The van der Waals surface area contributed by atoms with Crippen LogP contribution < -0.4 is 4.18 Å². The third-order valence-electron chi connectivity index (χ3n) is 3.05. The van der Waals surface area contributed by atoms with Gasteiger partial charge in [0.15, 0.2) is 5.75 Å². The van der Waals surface area contributed by atoms with Crippen molar-refractivity contribution < 1.29 is 22.1 Å². The predicted octanol–water partition coefficient (Wildman–Crippen LogP) is 2.22. The SMILES string of the molecule is COC(=O)c1cccc2c1S(=O)(=O)Oc1ccccc1-2. The van der Waals surface area contributed by atoms with Crippen molar-refractivity contribution >= 4 is 16.1 Å². The molecule has 1 aliphatic rings. The Morgan fingerprint density at radius 2 is 1.75 bits per heavy atom. The van der Waals surface area contributed by atoms with Gasteiger partial charge in [-0.1, -0.05) is 30.3 Å². The summed E-state index contributed by atoms with van der Waals surface area (Å²) in [6, 6.07) is 11.4. The highest BCUT2D eigenvalue weighted by molar-refractivity contribution is 7.87. The lowest BCUT2D eigenvalue weighted by atomic mass is 10.0. The highest BCUT2D eigenvalue weighted by atomic mass is 32.2. The van der Waals surface area contributed by atoms with E-state index in [1.54, 1.807) is 36.4 Å². The van der Waals surface area contributed by atoms with Crippen molar-refractivity contribution in [3.8, 4) is 16.9 Å². The average molecular weight is 290 g/mol. The standard InChI is InChI=1S/C14H10O5S/c1-18-14(15)11-7-4-6-10-9-5-2-3-8-12(9)19-20(16,17)13(10)11/h2-8H,1H3. The van der Waals surface area contributed by atoms with E-state index < -0.39 is 16.1 Å². The molecule has 1 heterocycles. The summed E-state index contributed by atoms with van der Waals surface area (Å²) in [5.41, 5.74) is 1.04. The summed E-state index contributed by atoms with van der Waals surface area (Å²) >= 11 is 0. The molecule has 2 aromatic carbocycles. The molecule has 6 heteroatoms. The van der Waals surface area contributed by atoms with E-state index in [-0.39, 0.29) is 16.2 Å². The first-order valence-corrected chi connectivity index (χ1v) is 7.20. The molecule has 3 rings (SSSR count). The molecule has 0 amide bonds.